The SMILES string of the molecule is NCc1ccc(CNC(=O)CCOCC(F)(F)F)cc1. The summed E-state index contributed by atoms with van der Waals surface area (Å²) in [5.41, 5.74) is 7.34. The van der Waals surface area contributed by atoms with Crippen LogP contribution in [0.1, 0.15) is 17.5 Å². The Kier molecular flexibility index (Phi) is 6.47. The topological polar surface area (TPSA) is 64.3 Å². The molecule has 3 N–H and O–H groups in total. The predicted octanol–water partition coefficient (Wildman–Crippen LogP) is 1.73. The average molecular weight is 290 g/mol. The first kappa shape index (κ1) is 16.5. The van der Waals surface area contributed by atoms with Crippen molar-refractivity contribution in [3.05, 3.63) is 35.4 Å². The van der Waals surface area contributed by atoms with Crippen LogP contribution in [-0.4, -0.2) is 25.3 Å². The number of nitrogens with two attached hydrogens (primary N) is 1. The third-order valence-corrected chi connectivity index (χ3v) is 2.49. The number of nitrogens with one attached hydrogen (secondary N) is 1. The van der Waals surface area contributed by atoms with Gasteiger partial charge in [-0.15, -0.1) is 0 Å². The summed E-state index contributed by atoms with van der Waals surface area (Å²) in [6.07, 6.45) is -4.46. The van der Waals surface area contributed by atoms with Gasteiger partial charge < -0.3 is 15.8 Å². The Balaban J connectivity index is 2.19. The molecule has 0 bridgehead atoms. The van der Waals surface area contributed by atoms with Gasteiger partial charge in [-0.3, -0.25) is 4.79 Å². The number of hydrogen-bond acceptors (Lipinski definition) is 3. The van der Waals surface area contributed by atoms with Crippen LogP contribution in [0.5, 0.6) is 0 Å². The van der Waals surface area contributed by atoms with Crippen LogP contribution in [-0.2, 0) is 22.6 Å². The van der Waals surface area contributed by atoms with Gasteiger partial charge in [0.15, 0.2) is 0 Å². The van der Waals surface area contributed by atoms with Crippen molar-refractivity contribution in [3.8, 4) is 0 Å². The molecule has 20 heavy (non-hydrogen) atoms. The van der Waals surface area contributed by atoms with E-state index in [1.54, 1.807) is 0 Å². The Hall–Kier alpha value is -1.60. The number of carbonyl (C=O) groups excluding carboxylic acids is 1. The van der Waals surface area contributed by atoms with Gasteiger partial charge in [-0.1, -0.05) is 24.3 Å². The summed E-state index contributed by atoms with van der Waals surface area (Å²) in [5.74, 6) is -0.352. The van der Waals surface area contributed by atoms with Crippen molar-refractivity contribution in [2.45, 2.75) is 25.7 Å². The van der Waals surface area contributed by atoms with Crippen LogP contribution in [0.15, 0.2) is 24.3 Å². The molecule has 7 heteroatoms. The molecule has 0 saturated carbocycles. The van der Waals surface area contributed by atoms with E-state index in [4.69, 9.17) is 5.73 Å². The normalized spacial score (nSPS) is 11.4. The fourth-order valence-electron chi connectivity index (χ4n) is 1.43. The predicted molar refractivity (Wildman–Crippen MR) is 67.7 cm³/mol. The summed E-state index contributed by atoms with van der Waals surface area (Å²) in [6, 6.07) is 7.38. The molecule has 0 radical (unpaired) electrons. The molecule has 1 aromatic carbocycles. The lowest BCUT2D eigenvalue weighted by Gasteiger charge is -2.08. The molecule has 1 aromatic rings. The van der Waals surface area contributed by atoms with E-state index in [1.807, 2.05) is 24.3 Å². The lowest BCUT2D eigenvalue weighted by atomic mass is 10.1. The minimum atomic E-state index is -4.36. The van der Waals surface area contributed by atoms with Crippen molar-refractivity contribution in [1.82, 2.24) is 5.32 Å². The van der Waals surface area contributed by atoms with E-state index in [0.717, 1.165) is 11.1 Å². The zero-order valence-electron chi connectivity index (χ0n) is 10.9. The summed E-state index contributed by atoms with van der Waals surface area (Å²) < 4.78 is 39.7. The van der Waals surface area contributed by atoms with E-state index in [1.165, 1.54) is 0 Å². The summed E-state index contributed by atoms with van der Waals surface area (Å²) in [7, 11) is 0. The first-order valence-electron chi connectivity index (χ1n) is 6.10. The second-order valence-electron chi connectivity index (χ2n) is 4.22. The first-order valence-corrected chi connectivity index (χ1v) is 6.10. The molecule has 0 unspecified atom stereocenters. The Labute approximate surface area is 115 Å². The van der Waals surface area contributed by atoms with Gasteiger partial charge in [-0.2, -0.15) is 13.2 Å². The molecule has 4 nitrogen and oxygen atoms in total. The second kappa shape index (κ2) is 7.86. The Bertz CT molecular complexity index is 419. The summed E-state index contributed by atoms with van der Waals surface area (Å²) in [4.78, 5) is 11.4. The van der Waals surface area contributed by atoms with E-state index in [9.17, 15) is 18.0 Å². The molecule has 0 spiro atoms. The number of halogens is 3. The second-order valence-corrected chi connectivity index (χ2v) is 4.22. The van der Waals surface area contributed by atoms with Gasteiger partial charge in [0.2, 0.25) is 5.91 Å². The molecular formula is C13H17F3N2O2. The van der Waals surface area contributed by atoms with E-state index in [0.29, 0.717) is 13.1 Å². The number of rotatable bonds is 7. The summed E-state index contributed by atoms with van der Waals surface area (Å²) in [6.45, 7) is -0.815. The van der Waals surface area contributed by atoms with Crippen LogP contribution < -0.4 is 11.1 Å². The Morgan fingerprint density at radius 3 is 2.35 bits per heavy atom. The number of ether oxygens (including phenoxy) is 1. The van der Waals surface area contributed by atoms with Gasteiger partial charge in [-0.25, -0.2) is 0 Å². The van der Waals surface area contributed by atoms with E-state index >= 15 is 0 Å². The lowest BCUT2D eigenvalue weighted by molar-refractivity contribution is -0.174. The molecule has 0 aromatic heterocycles. The maximum absolute atomic E-state index is 11.8. The molecule has 1 amide bonds. The highest BCUT2D eigenvalue weighted by Gasteiger charge is 2.27. The Morgan fingerprint density at radius 1 is 1.20 bits per heavy atom. The lowest BCUT2D eigenvalue weighted by Crippen LogP contribution is -2.25. The van der Waals surface area contributed by atoms with E-state index < -0.39 is 12.8 Å². The number of hydrogen-bond donors (Lipinski definition) is 2. The molecule has 0 atom stereocenters. The number of alkyl halides is 3. The molecule has 0 fully saturated rings. The third-order valence-electron chi connectivity index (χ3n) is 2.49. The van der Waals surface area contributed by atoms with Gasteiger partial charge in [-0.05, 0) is 11.1 Å². The molecule has 0 saturated heterocycles. The highest BCUT2D eigenvalue weighted by Crippen LogP contribution is 2.14. The molecule has 0 heterocycles. The van der Waals surface area contributed by atoms with Crippen LogP contribution in [0.3, 0.4) is 0 Å². The smallest absolute Gasteiger partial charge is 0.372 e. The van der Waals surface area contributed by atoms with Crippen LogP contribution in [0.25, 0.3) is 0 Å². The van der Waals surface area contributed by atoms with E-state index in [2.05, 4.69) is 10.1 Å². The zero-order chi connectivity index (χ0) is 15.0. The summed E-state index contributed by atoms with van der Waals surface area (Å²) in [5, 5.41) is 2.60. The molecule has 0 aliphatic heterocycles. The van der Waals surface area contributed by atoms with Crippen LogP contribution in [0.2, 0.25) is 0 Å². The van der Waals surface area contributed by atoms with Gasteiger partial charge in [0, 0.05) is 19.5 Å². The quantitative estimate of drug-likeness (QED) is 0.752. The standard InChI is InChI=1S/C13H17F3N2O2/c14-13(15,16)9-20-6-5-12(19)18-8-11-3-1-10(7-17)2-4-11/h1-4H,5-9,17H2,(H,18,19). The minimum Gasteiger partial charge on any atom is -0.372 e. The highest BCUT2D eigenvalue weighted by atomic mass is 19.4. The van der Waals surface area contributed by atoms with Gasteiger partial charge in [0.1, 0.15) is 6.61 Å². The monoisotopic (exact) mass is 290 g/mol. The minimum absolute atomic E-state index is 0.100. The maximum Gasteiger partial charge on any atom is 0.411 e. The number of carbonyl (C=O) groups is 1. The average Bonchev–Trinajstić information content (AvgIpc) is 2.41. The highest BCUT2D eigenvalue weighted by molar-refractivity contribution is 5.75. The molecular weight excluding hydrogens is 273 g/mol. The van der Waals surface area contributed by atoms with Crippen LogP contribution >= 0.6 is 0 Å². The van der Waals surface area contributed by atoms with Crippen LogP contribution in [0.4, 0.5) is 13.2 Å². The molecule has 1 rings (SSSR count). The fourth-order valence-corrected chi connectivity index (χ4v) is 1.43. The maximum atomic E-state index is 11.8. The Morgan fingerprint density at radius 2 is 1.80 bits per heavy atom. The van der Waals surface area contributed by atoms with Crippen molar-refractivity contribution in [2.75, 3.05) is 13.2 Å². The van der Waals surface area contributed by atoms with Gasteiger partial charge in [0.05, 0.1) is 6.61 Å². The van der Waals surface area contributed by atoms with Crippen molar-refractivity contribution >= 4 is 5.91 Å². The van der Waals surface area contributed by atoms with Crippen molar-refractivity contribution in [1.29, 1.82) is 0 Å². The number of amides is 1. The van der Waals surface area contributed by atoms with Crippen molar-refractivity contribution in [3.63, 3.8) is 0 Å². The van der Waals surface area contributed by atoms with Crippen molar-refractivity contribution < 1.29 is 22.7 Å². The van der Waals surface area contributed by atoms with Crippen LogP contribution in [0, 0.1) is 0 Å². The number of benzene rings is 1. The molecule has 0 aliphatic rings. The fraction of sp³-hybridized carbons (Fsp3) is 0.462. The third kappa shape index (κ3) is 7.10. The van der Waals surface area contributed by atoms with E-state index in [-0.39, 0.29) is 18.9 Å². The summed E-state index contributed by atoms with van der Waals surface area (Å²) >= 11 is 0. The van der Waals surface area contributed by atoms with Gasteiger partial charge in [0.25, 0.3) is 0 Å². The van der Waals surface area contributed by atoms with Gasteiger partial charge >= 0.3 is 6.18 Å². The van der Waals surface area contributed by atoms with Crippen molar-refractivity contribution in [2.24, 2.45) is 5.73 Å². The molecule has 0 aliphatic carbocycles. The zero-order valence-corrected chi connectivity index (χ0v) is 10.9. The first-order chi connectivity index (χ1) is 9.40. The molecule has 112 valence electrons. The largest absolute Gasteiger partial charge is 0.411 e.